The van der Waals surface area contributed by atoms with Crippen LogP contribution in [0.2, 0.25) is 0 Å². The van der Waals surface area contributed by atoms with Gasteiger partial charge in [0.1, 0.15) is 12.6 Å². The fourth-order valence-corrected chi connectivity index (χ4v) is 6.16. The van der Waals surface area contributed by atoms with E-state index in [2.05, 4.69) is 54.1 Å². The molecule has 5 rings (SSSR count). The molecule has 1 fully saturated rings. The highest BCUT2D eigenvalue weighted by molar-refractivity contribution is 5.81. The smallest absolute Gasteiger partial charge is 0.407 e. The number of aromatic nitrogens is 1. The number of ether oxygens (including phenoxy) is 1. The van der Waals surface area contributed by atoms with Crippen molar-refractivity contribution in [3.05, 3.63) is 82.7 Å². The third-order valence-corrected chi connectivity index (χ3v) is 7.89. The van der Waals surface area contributed by atoms with Crippen LogP contribution in [0.15, 0.2) is 54.6 Å². The van der Waals surface area contributed by atoms with Crippen LogP contribution in [-0.2, 0) is 16.0 Å². The summed E-state index contributed by atoms with van der Waals surface area (Å²) in [6, 6.07) is 17.8. The second kappa shape index (κ2) is 10.2. The number of carbonyl (C=O) groups is 2. The number of fused-ring (bicyclic) bond motifs is 3. The minimum Gasteiger partial charge on any atom is -0.480 e. The highest BCUT2D eigenvalue weighted by Gasteiger charge is 2.30. The van der Waals surface area contributed by atoms with Crippen LogP contribution in [0, 0.1) is 13.8 Å². The molecule has 1 amide bonds. The van der Waals surface area contributed by atoms with Crippen molar-refractivity contribution in [3.63, 3.8) is 0 Å². The summed E-state index contributed by atoms with van der Waals surface area (Å²) in [4.78, 5) is 24.8. The van der Waals surface area contributed by atoms with E-state index < -0.39 is 18.1 Å². The number of hydrogen-bond acceptors (Lipinski definition) is 3. The molecule has 2 N–H and O–H groups in total. The molecule has 3 aromatic rings. The third kappa shape index (κ3) is 4.64. The number of alkyl carbamates (subject to hydrolysis) is 1. The number of aliphatic carboxylic acids is 1. The average molecular weight is 487 g/mol. The van der Waals surface area contributed by atoms with Crippen LogP contribution in [0.1, 0.15) is 72.1 Å². The molecule has 6 heteroatoms. The van der Waals surface area contributed by atoms with E-state index >= 15 is 0 Å². The van der Waals surface area contributed by atoms with E-state index in [0.29, 0.717) is 6.04 Å². The van der Waals surface area contributed by atoms with E-state index in [1.807, 2.05) is 24.3 Å². The zero-order chi connectivity index (χ0) is 25.2. The molecule has 0 spiro atoms. The molecule has 2 aliphatic carbocycles. The molecule has 1 aromatic heterocycles. The van der Waals surface area contributed by atoms with Crippen LogP contribution in [0.3, 0.4) is 0 Å². The summed E-state index contributed by atoms with van der Waals surface area (Å²) in [5.74, 6) is -1.13. The summed E-state index contributed by atoms with van der Waals surface area (Å²) in [5.41, 5.74) is 7.76. The predicted molar refractivity (Wildman–Crippen MR) is 139 cm³/mol. The number of benzene rings is 2. The van der Waals surface area contributed by atoms with Crippen molar-refractivity contribution >= 4 is 12.1 Å². The first-order valence-electron chi connectivity index (χ1n) is 13.0. The minimum absolute atomic E-state index is 0.0687. The van der Waals surface area contributed by atoms with Gasteiger partial charge in [0.15, 0.2) is 0 Å². The number of hydrogen-bond donors (Lipinski definition) is 2. The van der Waals surface area contributed by atoms with Gasteiger partial charge in [-0.05, 0) is 60.6 Å². The summed E-state index contributed by atoms with van der Waals surface area (Å²) >= 11 is 0. The van der Waals surface area contributed by atoms with Crippen molar-refractivity contribution in [1.29, 1.82) is 0 Å². The average Bonchev–Trinajstić information content (AvgIpc) is 3.35. The van der Waals surface area contributed by atoms with E-state index in [1.54, 1.807) is 0 Å². The Morgan fingerprint density at radius 3 is 2.22 bits per heavy atom. The van der Waals surface area contributed by atoms with Crippen LogP contribution >= 0.6 is 0 Å². The number of rotatable bonds is 7. The molecule has 1 heterocycles. The molecule has 2 aliphatic rings. The molecule has 188 valence electrons. The van der Waals surface area contributed by atoms with Gasteiger partial charge in [-0.1, -0.05) is 67.8 Å². The Bertz CT molecular complexity index is 1230. The van der Waals surface area contributed by atoms with Gasteiger partial charge in [0.05, 0.1) is 0 Å². The molecule has 1 atom stereocenters. The van der Waals surface area contributed by atoms with Crippen molar-refractivity contribution < 1.29 is 19.4 Å². The summed E-state index contributed by atoms with van der Waals surface area (Å²) in [5, 5.41) is 12.5. The molecule has 0 saturated heterocycles. The topological polar surface area (TPSA) is 80.6 Å². The van der Waals surface area contributed by atoms with Crippen LogP contribution in [0.25, 0.3) is 11.1 Å². The Balaban J connectivity index is 1.26. The molecule has 0 bridgehead atoms. The lowest BCUT2D eigenvalue weighted by atomic mass is 9.95. The quantitative estimate of drug-likeness (QED) is 0.420. The van der Waals surface area contributed by atoms with Gasteiger partial charge in [-0.2, -0.15) is 0 Å². The van der Waals surface area contributed by atoms with Gasteiger partial charge in [0, 0.05) is 29.8 Å². The van der Waals surface area contributed by atoms with Gasteiger partial charge < -0.3 is 19.7 Å². The van der Waals surface area contributed by atoms with Gasteiger partial charge >= 0.3 is 12.1 Å². The molecule has 1 saturated carbocycles. The lowest BCUT2D eigenvalue weighted by Crippen LogP contribution is -2.43. The van der Waals surface area contributed by atoms with Crippen molar-refractivity contribution in [2.45, 2.75) is 70.4 Å². The molecular formula is C30H34N2O4. The fraction of sp³-hybridized carbons (Fsp3) is 0.400. The van der Waals surface area contributed by atoms with E-state index in [9.17, 15) is 14.7 Å². The first-order valence-corrected chi connectivity index (χ1v) is 13.0. The van der Waals surface area contributed by atoms with Crippen molar-refractivity contribution in [2.75, 3.05) is 6.61 Å². The molecule has 36 heavy (non-hydrogen) atoms. The molecule has 2 aromatic carbocycles. The van der Waals surface area contributed by atoms with Crippen LogP contribution in [-0.4, -0.2) is 34.4 Å². The number of nitrogens with zero attached hydrogens (tertiary/aromatic N) is 1. The Labute approximate surface area is 212 Å². The maximum Gasteiger partial charge on any atom is 0.407 e. The highest BCUT2D eigenvalue weighted by Crippen LogP contribution is 2.44. The first kappa shape index (κ1) is 24.2. The number of amides is 1. The van der Waals surface area contributed by atoms with Crippen LogP contribution in [0.5, 0.6) is 0 Å². The van der Waals surface area contributed by atoms with Gasteiger partial charge in [-0.25, -0.2) is 9.59 Å². The van der Waals surface area contributed by atoms with Crippen LogP contribution in [0.4, 0.5) is 4.79 Å². The fourth-order valence-electron chi connectivity index (χ4n) is 6.16. The van der Waals surface area contributed by atoms with Gasteiger partial charge in [0.2, 0.25) is 0 Å². The Morgan fingerprint density at radius 2 is 1.61 bits per heavy atom. The number of nitrogens with one attached hydrogen (secondary N) is 1. The number of carbonyl (C=O) groups excluding carboxylic acids is 1. The normalized spacial score (nSPS) is 16.3. The molecular weight excluding hydrogens is 452 g/mol. The Morgan fingerprint density at radius 1 is 1.00 bits per heavy atom. The van der Waals surface area contributed by atoms with Crippen molar-refractivity contribution in [2.24, 2.45) is 0 Å². The molecule has 0 radical (unpaired) electrons. The number of carboxylic acid groups (broad SMARTS) is 1. The predicted octanol–water partition coefficient (Wildman–Crippen LogP) is 6.14. The zero-order valence-corrected chi connectivity index (χ0v) is 21.0. The van der Waals surface area contributed by atoms with E-state index in [0.717, 1.165) is 52.0 Å². The van der Waals surface area contributed by atoms with Crippen molar-refractivity contribution in [1.82, 2.24) is 9.88 Å². The molecule has 6 nitrogen and oxygen atoms in total. The van der Waals surface area contributed by atoms with E-state index in [4.69, 9.17) is 4.74 Å². The van der Waals surface area contributed by atoms with E-state index in [1.165, 1.54) is 19.3 Å². The van der Waals surface area contributed by atoms with Crippen molar-refractivity contribution in [3.8, 4) is 11.1 Å². The lowest BCUT2D eigenvalue weighted by molar-refractivity contribution is -0.139. The van der Waals surface area contributed by atoms with Gasteiger partial charge in [0.25, 0.3) is 0 Å². The number of aryl methyl sites for hydroxylation is 1. The number of carboxylic acids is 1. The summed E-state index contributed by atoms with van der Waals surface area (Å²) in [6.07, 6.45) is 5.60. The zero-order valence-electron chi connectivity index (χ0n) is 21.0. The molecule has 1 unspecified atom stereocenters. The summed E-state index contributed by atoms with van der Waals surface area (Å²) in [6.45, 7) is 4.30. The monoisotopic (exact) mass is 486 g/mol. The second-order valence-electron chi connectivity index (χ2n) is 10.1. The maximum absolute atomic E-state index is 12.7. The largest absolute Gasteiger partial charge is 0.480 e. The minimum atomic E-state index is -1.06. The third-order valence-electron chi connectivity index (χ3n) is 7.89. The summed E-state index contributed by atoms with van der Waals surface area (Å²) in [7, 11) is 0. The van der Waals surface area contributed by atoms with Gasteiger partial charge in [-0.15, -0.1) is 0 Å². The van der Waals surface area contributed by atoms with Crippen LogP contribution < -0.4 is 5.32 Å². The maximum atomic E-state index is 12.7. The SMILES string of the molecule is Cc1cc(CC(NC(=O)OCC2c3ccccc3-c3ccccc32)C(=O)O)c(C)n1C1CCCCC1. The summed E-state index contributed by atoms with van der Waals surface area (Å²) < 4.78 is 7.96. The Hall–Kier alpha value is -3.54. The lowest BCUT2D eigenvalue weighted by Gasteiger charge is -2.26. The molecule has 0 aliphatic heterocycles. The Kier molecular flexibility index (Phi) is 6.86. The highest BCUT2D eigenvalue weighted by atomic mass is 16.5. The standard InChI is InChI=1S/C30H34N2O4/c1-19-16-21(20(2)32(19)22-10-4-3-5-11-22)17-28(29(33)34)31-30(35)36-18-27-25-14-8-6-12-23(25)24-13-7-9-15-26(24)27/h6-9,12-16,22,27-28H,3-5,10-11,17-18H2,1-2H3,(H,31,35)(H,33,34). The first-order chi connectivity index (χ1) is 17.4. The second-order valence-corrected chi connectivity index (χ2v) is 10.1. The van der Waals surface area contributed by atoms with Gasteiger partial charge in [-0.3, -0.25) is 0 Å². The van der Waals surface area contributed by atoms with E-state index in [-0.39, 0.29) is 18.9 Å².